The molecule has 0 saturated heterocycles. The molecule has 1 unspecified atom stereocenters. The Morgan fingerprint density at radius 1 is 0.957 bits per heavy atom. The van der Waals surface area contributed by atoms with Gasteiger partial charge in [-0.2, -0.15) is 0 Å². The maximum absolute atomic E-state index is 6.16. The van der Waals surface area contributed by atoms with Crippen LogP contribution in [-0.4, -0.2) is 5.71 Å². The average molecular weight is 348 g/mol. The minimum Gasteiger partial charge on any atom is -0.281 e. The number of benzene rings is 2. The summed E-state index contributed by atoms with van der Waals surface area (Å²) < 4.78 is 0. The molecule has 0 N–H and O–H groups in total. The molecule has 0 bridgehead atoms. The van der Waals surface area contributed by atoms with Crippen molar-refractivity contribution in [2.24, 2.45) is 4.99 Å². The van der Waals surface area contributed by atoms with Gasteiger partial charge < -0.3 is 0 Å². The van der Waals surface area contributed by atoms with Crippen LogP contribution in [0.4, 0.5) is 0 Å². The molecule has 2 rings (SSSR count). The summed E-state index contributed by atoms with van der Waals surface area (Å²) in [5, 5.41) is 1.51. The van der Waals surface area contributed by atoms with Gasteiger partial charge in [-0.1, -0.05) is 74.2 Å². The monoisotopic (exact) mass is 347 g/mol. The van der Waals surface area contributed by atoms with E-state index in [1.807, 2.05) is 36.4 Å². The summed E-state index contributed by atoms with van der Waals surface area (Å²) in [7, 11) is 0. The Labute approximate surface area is 149 Å². The lowest BCUT2D eigenvalue weighted by Crippen LogP contribution is -2.05. The van der Waals surface area contributed by atoms with Crippen molar-refractivity contribution >= 4 is 28.9 Å². The van der Waals surface area contributed by atoms with Crippen LogP contribution in [0.15, 0.2) is 53.5 Å². The average Bonchev–Trinajstić information content (AvgIpc) is 2.54. The van der Waals surface area contributed by atoms with Crippen LogP contribution in [0.25, 0.3) is 0 Å². The number of hydrogen-bond acceptors (Lipinski definition) is 1. The molecule has 0 aliphatic heterocycles. The maximum atomic E-state index is 6.16. The van der Waals surface area contributed by atoms with E-state index >= 15 is 0 Å². The van der Waals surface area contributed by atoms with Crippen LogP contribution >= 0.6 is 23.2 Å². The van der Waals surface area contributed by atoms with Crippen LogP contribution in [0.2, 0.25) is 10.0 Å². The zero-order valence-electron chi connectivity index (χ0n) is 13.7. The number of aliphatic imine (C=N–C) groups is 1. The normalized spacial score (nSPS) is 13.1. The van der Waals surface area contributed by atoms with Crippen LogP contribution in [-0.2, 0) is 0 Å². The zero-order chi connectivity index (χ0) is 16.7. The molecule has 0 spiro atoms. The van der Waals surface area contributed by atoms with E-state index in [-0.39, 0.29) is 6.04 Å². The summed E-state index contributed by atoms with van der Waals surface area (Å²) in [5.41, 5.74) is 3.41. The summed E-state index contributed by atoms with van der Waals surface area (Å²) in [6.07, 6.45) is 4.09. The van der Waals surface area contributed by atoms with Crippen LogP contribution in [0.5, 0.6) is 0 Å². The van der Waals surface area contributed by atoms with E-state index in [2.05, 4.69) is 26.0 Å². The van der Waals surface area contributed by atoms with Crippen molar-refractivity contribution in [3.05, 3.63) is 69.7 Å². The van der Waals surface area contributed by atoms with E-state index < -0.39 is 0 Å². The van der Waals surface area contributed by atoms with Gasteiger partial charge in [-0.15, -0.1) is 0 Å². The molecule has 0 aromatic heterocycles. The summed E-state index contributed by atoms with van der Waals surface area (Å²) in [6.45, 7) is 4.36. The molecule has 2 aromatic rings. The molecule has 0 amide bonds. The molecule has 0 aliphatic carbocycles. The first kappa shape index (κ1) is 18.0. The standard InChI is InChI=1S/C20H23Cl2N/c1-3-7-19(15-9-5-11-17(21)13-15)23-20(8-4-2)16-10-6-12-18(22)14-16/h5-6,9-14,19H,3-4,7-8H2,1-2H3. The predicted octanol–water partition coefficient (Wildman–Crippen LogP) is 7.12. The van der Waals surface area contributed by atoms with Gasteiger partial charge in [0.25, 0.3) is 0 Å². The highest BCUT2D eigenvalue weighted by Crippen LogP contribution is 2.27. The van der Waals surface area contributed by atoms with Crippen LogP contribution < -0.4 is 0 Å². The highest BCUT2D eigenvalue weighted by atomic mass is 35.5. The Morgan fingerprint density at radius 3 is 2.26 bits per heavy atom. The van der Waals surface area contributed by atoms with E-state index in [0.29, 0.717) is 0 Å². The Kier molecular flexibility index (Phi) is 7.14. The topological polar surface area (TPSA) is 12.4 Å². The Hall–Kier alpha value is -1.31. The van der Waals surface area contributed by atoms with Crippen LogP contribution in [0, 0.1) is 0 Å². The molecular formula is C20H23Cl2N. The van der Waals surface area contributed by atoms with Gasteiger partial charge in [0.2, 0.25) is 0 Å². The quantitative estimate of drug-likeness (QED) is 0.472. The summed E-state index contributed by atoms with van der Waals surface area (Å²) in [4.78, 5) is 5.08. The van der Waals surface area contributed by atoms with E-state index in [1.165, 1.54) is 5.56 Å². The second-order valence-corrected chi connectivity index (χ2v) is 6.57. The second kappa shape index (κ2) is 9.10. The van der Waals surface area contributed by atoms with Gasteiger partial charge in [-0.25, -0.2) is 0 Å². The highest BCUT2D eigenvalue weighted by molar-refractivity contribution is 6.31. The third-order valence-electron chi connectivity index (χ3n) is 3.75. The van der Waals surface area contributed by atoms with Crippen molar-refractivity contribution in [2.75, 3.05) is 0 Å². The SMILES string of the molecule is CCCC(=NC(CCC)c1cccc(Cl)c1)c1cccc(Cl)c1. The summed E-state index contributed by atoms with van der Waals surface area (Å²) >= 11 is 12.3. The Balaban J connectivity index is 2.40. The lowest BCUT2D eigenvalue weighted by molar-refractivity contribution is 0.639. The lowest BCUT2D eigenvalue weighted by Gasteiger charge is -2.16. The number of hydrogen-bond donors (Lipinski definition) is 0. The third kappa shape index (κ3) is 5.37. The molecule has 0 fully saturated rings. The van der Waals surface area contributed by atoms with Gasteiger partial charge in [-0.05, 0) is 48.2 Å². The van der Waals surface area contributed by atoms with E-state index in [9.17, 15) is 0 Å². The van der Waals surface area contributed by atoms with Gasteiger partial charge in [0.05, 0.1) is 6.04 Å². The maximum Gasteiger partial charge on any atom is 0.0752 e. The third-order valence-corrected chi connectivity index (χ3v) is 4.22. The van der Waals surface area contributed by atoms with Crippen molar-refractivity contribution in [3.8, 4) is 0 Å². The van der Waals surface area contributed by atoms with Crippen molar-refractivity contribution in [2.45, 2.75) is 45.6 Å². The molecule has 2 aromatic carbocycles. The highest BCUT2D eigenvalue weighted by Gasteiger charge is 2.12. The van der Waals surface area contributed by atoms with Crippen molar-refractivity contribution in [1.82, 2.24) is 0 Å². The predicted molar refractivity (Wildman–Crippen MR) is 102 cm³/mol. The minimum absolute atomic E-state index is 0.138. The van der Waals surface area contributed by atoms with Crippen LogP contribution in [0.3, 0.4) is 0 Å². The lowest BCUT2D eigenvalue weighted by atomic mass is 10.0. The van der Waals surface area contributed by atoms with E-state index in [4.69, 9.17) is 28.2 Å². The number of halogens is 2. The summed E-state index contributed by atoms with van der Waals surface area (Å²) in [6, 6.07) is 16.1. The first-order chi connectivity index (χ1) is 11.1. The fraction of sp³-hybridized carbons (Fsp3) is 0.350. The molecule has 3 heteroatoms. The Bertz CT molecular complexity index is 664. The molecule has 23 heavy (non-hydrogen) atoms. The van der Waals surface area contributed by atoms with Gasteiger partial charge in [-0.3, -0.25) is 4.99 Å². The zero-order valence-corrected chi connectivity index (χ0v) is 15.2. The molecule has 0 heterocycles. The smallest absolute Gasteiger partial charge is 0.0752 e. The van der Waals surface area contributed by atoms with Gasteiger partial charge in [0.15, 0.2) is 0 Å². The summed E-state index contributed by atoms with van der Waals surface area (Å²) in [5.74, 6) is 0. The molecule has 0 radical (unpaired) electrons. The molecule has 1 nitrogen and oxygen atoms in total. The first-order valence-electron chi connectivity index (χ1n) is 8.22. The largest absolute Gasteiger partial charge is 0.281 e. The first-order valence-corrected chi connectivity index (χ1v) is 8.97. The molecule has 1 atom stereocenters. The molecular weight excluding hydrogens is 325 g/mol. The Morgan fingerprint density at radius 2 is 1.65 bits per heavy atom. The molecule has 0 aliphatic rings. The van der Waals surface area contributed by atoms with Gasteiger partial charge in [0.1, 0.15) is 0 Å². The number of nitrogens with zero attached hydrogens (tertiary/aromatic N) is 1. The number of rotatable bonds is 7. The molecule has 122 valence electrons. The van der Waals surface area contributed by atoms with Gasteiger partial charge >= 0.3 is 0 Å². The van der Waals surface area contributed by atoms with Gasteiger partial charge in [0, 0.05) is 15.8 Å². The second-order valence-electron chi connectivity index (χ2n) is 5.70. The van der Waals surface area contributed by atoms with Crippen molar-refractivity contribution in [1.29, 1.82) is 0 Å². The van der Waals surface area contributed by atoms with E-state index in [0.717, 1.165) is 47.0 Å². The van der Waals surface area contributed by atoms with E-state index in [1.54, 1.807) is 0 Å². The fourth-order valence-electron chi connectivity index (χ4n) is 2.67. The minimum atomic E-state index is 0.138. The van der Waals surface area contributed by atoms with Crippen molar-refractivity contribution in [3.63, 3.8) is 0 Å². The van der Waals surface area contributed by atoms with Crippen molar-refractivity contribution < 1.29 is 0 Å². The fourth-order valence-corrected chi connectivity index (χ4v) is 3.06. The molecule has 0 saturated carbocycles. The van der Waals surface area contributed by atoms with Crippen LogP contribution in [0.1, 0.15) is 56.7 Å².